The second kappa shape index (κ2) is 20.1. The van der Waals surface area contributed by atoms with E-state index in [9.17, 15) is 48.5 Å². The number of rotatable bonds is 20. The summed E-state index contributed by atoms with van der Waals surface area (Å²) in [6.07, 6.45) is -12.9. The number of fused-ring (bicyclic) bond motifs is 1. The first-order valence-corrected chi connectivity index (χ1v) is 20.2. The largest absolute Gasteiger partial charge is 0.481 e. The minimum Gasteiger partial charge on any atom is -0.462 e. The van der Waals surface area contributed by atoms with Crippen molar-refractivity contribution in [1.29, 1.82) is 0 Å². The molecule has 25 nitrogen and oxygen atoms in total. The first kappa shape index (κ1) is 46.6. The van der Waals surface area contributed by atoms with E-state index in [0.29, 0.717) is 0 Å². The summed E-state index contributed by atoms with van der Waals surface area (Å²) in [6, 6.07) is 0. The van der Waals surface area contributed by atoms with Crippen molar-refractivity contribution in [2.45, 2.75) is 96.8 Å². The van der Waals surface area contributed by atoms with Crippen molar-refractivity contribution in [3.8, 4) is 0 Å². The zero-order valence-electron chi connectivity index (χ0n) is 30.5. The molecule has 1 saturated heterocycles. The molecular weight excluding hydrogens is 820 g/mol. The lowest BCUT2D eigenvalue weighted by atomic mass is 10.1. The molecular formula is C28H41N5O20P2S. The van der Waals surface area contributed by atoms with E-state index in [4.69, 9.17) is 64.1 Å². The third kappa shape index (κ3) is 13.7. The van der Waals surface area contributed by atoms with Gasteiger partial charge in [-0.1, -0.05) is 0 Å². The van der Waals surface area contributed by atoms with Gasteiger partial charge in [0.15, 0.2) is 29.9 Å². The number of anilines is 1. The number of aliphatic hydroxyl groups is 2. The summed E-state index contributed by atoms with van der Waals surface area (Å²) < 4.78 is 66.6. The van der Waals surface area contributed by atoms with Gasteiger partial charge in [0.1, 0.15) is 55.6 Å². The summed E-state index contributed by atoms with van der Waals surface area (Å²) >= 11 is 4.88. The molecule has 1 fully saturated rings. The molecule has 0 spiro atoms. The first-order chi connectivity index (χ1) is 26.0. The third-order valence-corrected chi connectivity index (χ3v) is 10.7. The minimum absolute atomic E-state index is 0.0225. The number of hydrogen-bond donors (Lipinski definition) is 5. The van der Waals surface area contributed by atoms with Gasteiger partial charge in [-0.05, 0) is 18.7 Å². The van der Waals surface area contributed by atoms with Gasteiger partial charge in [0.2, 0.25) is 6.29 Å². The number of carbonyl (C=O) groups excluding carboxylic acids is 5. The first-order valence-electron chi connectivity index (χ1n) is 16.1. The van der Waals surface area contributed by atoms with Gasteiger partial charge in [-0.25, -0.2) is 23.8 Å². The number of nitrogens with zero attached hydrogens (tertiary/aromatic N) is 4. The number of nitrogen functional groups attached to an aromatic ring is 1. The molecule has 8 unspecified atom stereocenters. The van der Waals surface area contributed by atoms with Crippen LogP contribution in [0, 0.1) is 0 Å². The maximum absolute atomic E-state index is 13.4. The molecule has 1 aliphatic rings. The standard InChI is InChI=1S/C28H41N5O20P2S/c1-12(47-15(4)36)24(19(48-16(5)37)7-44-13(2)34)51-28(20(49-17(6)38)8-45-14(3)35)52-54(41,42)53-55(43,56)46-9-18-22(39)23(40)27(50-18)33-11-32-21-25(29)30-10-31-26(21)33/h10-12,18-20,22-24,27-28,39-40H,7-9H2,1-6H3,(H,41,42)(H,43,56)(H2,29,30,31)/t12-,18?,19+,20+,22?,23?,24?,27?,28?,55?/m0/s1. The lowest BCUT2D eigenvalue weighted by molar-refractivity contribution is -0.242. The van der Waals surface area contributed by atoms with Gasteiger partial charge in [-0.3, -0.25) is 33.1 Å². The highest BCUT2D eigenvalue weighted by Gasteiger charge is 2.47. The molecule has 2 aromatic rings. The highest BCUT2D eigenvalue weighted by Crippen LogP contribution is 2.61. The molecule has 2 aromatic heterocycles. The molecule has 3 heterocycles. The van der Waals surface area contributed by atoms with Gasteiger partial charge in [-0.15, -0.1) is 0 Å². The highest BCUT2D eigenvalue weighted by molar-refractivity contribution is 8.08. The molecule has 0 saturated carbocycles. The number of ether oxygens (including phenoxy) is 7. The van der Waals surface area contributed by atoms with Crippen LogP contribution in [-0.4, -0.2) is 138 Å². The minimum atomic E-state index is -5.77. The molecule has 314 valence electrons. The summed E-state index contributed by atoms with van der Waals surface area (Å²) in [6.45, 7) is -1.31. The Kier molecular flexibility index (Phi) is 16.7. The van der Waals surface area contributed by atoms with Crippen LogP contribution in [0.3, 0.4) is 0 Å². The van der Waals surface area contributed by atoms with Crippen molar-refractivity contribution in [3.05, 3.63) is 12.7 Å². The fraction of sp³-hybridized carbons (Fsp3) is 0.643. The maximum atomic E-state index is 13.4. The molecule has 11 atom stereocenters. The van der Waals surface area contributed by atoms with E-state index in [1.807, 2.05) is 0 Å². The van der Waals surface area contributed by atoms with Crippen molar-refractivity contribution < 1.29 is 95.1 Å². The van der Waals surface area contributed by atoms with Crippen LogP contribution in [0.1, 0.15) is 47.8 Å². The quantitative estimate of drug-likeness (QED) is 0.0463. The Bertz CT molecular complexity index is 1840. The van der Waals surface area contributed by atoms with Gasteiger partial charge >= 0.3 is 44.4 Å². The van der Waals surface area contributed by atoms with Crippen molar-refractivity contribution in [2.75, 3.05) is 25.6 Å². The molecule has 0 radical (unpaired) electrons. The maximum Gasteiger partial charge on any atom is 0.481 e. The van der Waals surface area contributed by atoms with E-state index in [2.05, 4.69) is 15.0 Å². The molecule has 3 rings (SSSR count). The lowest BCUT2D eigenvalue weighted by Crippen LogP contribution is -2.50. The molecule has 0 aromatic carbocycles. The zero-order valence-corrected chi connectivity index (χ0v) is 33.1. The topological polar surface area (TPSA) is 345 Å². The second-order valence-corrected chi connectivity index (χ2v) is 16.1. The van der Waals surface area contributed by atoms with Crippen LogP contribution >= 0.6 is 14.5 Å². The Balaban J connectivity index is 1.88. The van der Waals surface area contributed by atoms with Crippen LogP contribution in [0.15, 0.2) is 12.7 Å². The van der Waals surface area contributed by atoms with Crippen LogP contribution in [0.5, 0.6) is 0 Å². The number of phosphoric acid groups is 1. The van der Waals surface area contributed by atoms with Crippen LogP contribution in [-0.2, 0) is 86.9 Å². The number of hydrogen-bond acceptors (Lipinski definition) is 23. The summed E-state index contributed by atoms with van der Waals surface area (Å²) in [7, 11) is -5.77. The van der Waals surface area contributed by atoms with Gasteiger partial charge in [0.25, 0.3) is 0 Å². The monoisotopic (exact) mass is 861 g/mol. The molecule has 1 aliphatic heterocycles. The molecule has 6 N–H and O–H groups in total. The molecule has 0 aliphatic carbocycles. The number of aromatic nitrogens is 4. The van der Waals surface area contributed by atoms with Crippen LogP contribution in [0.2, 0.25) is 0 Å². The molecule has 0 amide bonds. The predicted molar refractivity (Wildman–Crippen MR) is 184 cm³/mol. The Labute approximate surface area is 322 Å². The normalized spacial score (nSPS) is 23.0. The number of phosphoric ester groups is 1. The third-order valence-electron chi connectivity index (χ3n) is 7.16. The smallest absolute Gasteiger partial charge is 0.462 e. The average molecular weight is 862 g/mol. The Morgan fingerprint density at radius 2 is 1.46 bits per heavy atom. The van der Waals surface area contributed by atoms with Crippen LogP contribution in [0.25, 0.3) is 11.2 Å². The van der Waals surface area contributed by atoms with E-state index < -0.39 is 119 Å². The number of esters is 5. The zero-order chi connectivity index (χ0) is 42.1. The predicted octanol–water partition coefficient (Wildman–Crippen LogP) is -0.953. The SMILES string of the molecule is CC(=O)OC[C@@H](OC(C)=O)C(OC([C@H](C)OC(C)=O)[C@@H](COC(C)=O)OC(C)=O)OP(=O)(O)OP(O)(=S)OCC1OC(n2cnc3c(N)ncnc32)C(O)C1O. The summed E-state index contributed by atoms with van der Waals surface area (Å²) in [4.78, 5) is 92.9. The van der Waals surface area contributed by atoms with Gasteiger partial charge < -0.3 is 63.4 Å². The Morgan fingerprint density at radius 1 is 0.893 bits per heavy atom. The van der Waals surface area contributed by atoms with Crippen LogP contribution in [0.4, 0.5) is 5.82 Å². The van der Waals surface area contributed by atoms with Crippen molar-refractivity contribution in [1.82, 2.24) is 19.5 Å². The van der Waals surface area contributed by atoms with E-state index in [0.717, 1.165) is 40.9 Å². The van der Waals surface area contributed by atoms with Crippen LogP contribution < -0.4 is 5.73 Å². The number of carbonyl (C=O) groups is 5. The van der Waals surface area contributed by atoms with Crippen molar-refractivity contribution in [3.63, 3.8) is 0 Å². The summed E-state index contributed by atoms with van der Waals surface area (Å²) in [5.41, 5.74) is 6.10. The van der Waals surface area contributed by atoms with E-state index in [-0.39, 0.29) is 17.0 Å². The molecule has 56 heavy (non-hydrogen) atoms. The second-order valence-electron chi connectivity index (χ2n) is 11.7. The number of imidazole rings is 1. The highest BCUT2D eigenvalue weighted by atomic mass is 32.5. The summed E-state index contributed by atoms with van der Waals surface area (Å²) in [5, 5.41) is 21.4. The Morgan fingerprint density at radius 3 is 2.04 bits per heavy atom. The summed E-state index contributed by atoms with van der Waals surface area (Å²) in [5.74, 6) is -4.67. The number of aliphatic hydroxyl groups excluding tert-OH is 2. The van der Waals surface area contributed by atoms with E-state index in [1.54, 1.807) is 0 Å². The van der Waals surface area contributed by atoms with E-state index in [1.165, 1.54) is 17.8 Å². The fourth-order valence-corrected chi connectivity index (χ4v) is 8.09. The van der Waals surface area contributed by atoms with E-state index >= 15 is 0 Å². The molecule has 28 heteroatoms. The lowest BCUT2D eigenvalue weighted by Gasteiger charge is -2.35. The van der Waals surface area contributed by atoms with Crippen molar-refractivity contribution >= 4 is 73.2 Å². The fourth-order valence-electron chi connectivity index (χ4n) is 4.98. The molecule has 0 bridgehead atoms. The van der Waals surface area contributed by atoms with Gasteiger partial charge in [0.05, 0.1) is 12.9 Å². The van der Waals surface area contributed by atoms with Gasteiger partial charge in [0, 0.05) is 34.6 Å². The van der Waals surface area contributed by atoms with Crippen molar-refractivity contribution in [2.24, 2.45) is 0 Å². The number of nitrogens with two attached hydrogens (primary N) is 1. The van der Waals surface area contributed by atoms with Gasteiger partial charge in [-0.2, -0.15) is 0 Å². The Hall–Kier alpha value is -3.78. The average Bonchev–Trinajstić information content (AvgIpc) is 3.61.